The van der Waals surface area contributed by atoms with Crippen LogP contribution in [0.15, 0.2) is 24.3 Å². The summed E-state index contributed by atoms with van der Waals surface area (Å²) in [5, 5.41) is 2.73. The fraction of sp³-hybridized carbons (Fsp3) is 0.571. The minimum atomic E-state index is -0.812. The second kappa shape index (κ2) is 9.53. The van der Waals surface area contributed by atoms with Gasteiger partial charge in [0.25, 0.3) is 0 Å². The van der Waals surface area contributed by atoms with Crippen LogP contribution in [0, 0.1) is 5.92 Å². The van der Waals surface area contributed by atoms with Crippen LogP contribution < -0.4 is 5.32 Å². The molecule has 1 aliphatic heterocycles. The molecule has 1 heterocycles. The lowest BCUT2D eigenvalue weighted by molar-refractivity contribution is -0.152. The van der Waals surface area contributed by atoms with E-state index in [9.17, 15) is 14.4 Å². The van der Waals surface area contributed by atoms with Crippen LogP contribution in [0.2, 0.25) is 0 Å². The van der Waals surface area contributed by atoms with Crippen LogP contribution in [0.25, 0.3) is 0 Å². The monoisotopic (exact) mass is 374 g/mol. The average molecular weight is 374 g/mol. The number of hydrogen-bond acceptors (Lipinski definition) is 4. The lowest BCUT2D eigenvalue weighted by Crippen LogP contribution is -2.58. The molecule has 1 N–H and O–H groups in total. The van der Waals surface area contributed by atoms with Crippen molar-refractivity contribution in [2.45, 2.75) is 52.5 Å². The van der Waals surface area contributed by atoms with E-state index >= 15 is 0 Å². The van der Waals surface area contributed by atoms with E-state index in [0.717, 1.165) is 12.0 Å². The third-order valence-electron chi connectivity index (χ3n) is 4.77. The maximum atomic E-state index is 13.1. The van der Waals surface area contributed by atoms with Gasteiger partial charge in [-0.15, -0.1) is 0 Å². The predicted molar refractivity (Wildman–Crippen MR) is 103 cm³/mol. The third kappa shape index (κ3) is 5.55. The molecule has 1 aromatic rings. The number of benzene rings is 1. The van der Waals surface area contributed by atoms with Crippen LogP contribution in [0.4, 0.5) is 0 Å². The quantitative estimate of drug-likeness (QED) is 0.743. The van der Waals surface area contributed by atoms with E-state index < -0.39 is 12.0 Å². The molecule has 0 aromatic heterocycles. The van der Waals surface area contributed by atoms with E-state index in [1.807, 2.05) is 19.1 Å². The van der Waals surface area contributed by atoms with Gasteiger partial charge in [-0.1, -0.05) is 38.1 Å². The zero-order valence-electron chi connectivity index (χ0n) is 16.7. The number of hydrogen-bond donors (Lipinski definition) is 1. The van der Waals surface area contributed by atoms with Crippen molar-refractivity contribution >= 4 is 17.8 Å². The van der Waals surface area contributed by atoms with Gasteiger partial charge < -0.3 is 15.0 Å². The Kier molecular flexibility index (Phi) is 7.39. The van der Waals surface area contributed by atoms with E-state index in [1.54, 1.807) is 6.92 Å². The summed E-state index contributed by atoms with van der Waals surface area (Å²) in [6.07, 6.45) is 0.877. The van der Waals surface area contributed by atoms with Gasteiger partial charge >= 0.3 is 5.97 Å². The largest absolute Gasteiger partial charge is 0.466 e. The molecule has 0 radical (unpaired) electrons. The molecule has 0 aliphatic carbocycles. The van der Waals surface area contributed by atoms with Crippen LogP contribution in [0.5, 0.6) is 0 Å². The number of piperazine rings is 1. The first kappa shape index (κ1) is 20.9. The van der Waals surface area contributed by atoms with E-state index in [1.165, 1.54) is 10.5 Å². The van der Waals surface area contributed by atoms with E-state index in [-0.39, 0.29) is 30.8 Å². The molecule has 0 bridgehead atoms. The number of ether oxygens (including phenoxy) is 1. The van der Waals surface area contributed by atoms with Crippen molar-refractivity contribution in [2.75, 3.05) is 19.7 Å². The number of nitrogens with zero attached hydrogens (tertiary/aromatic N) is 1. The lowest BCUT2D eigenvalue weighted by atomic mass is 9.95. The third-order valence-corrected chi connectivity index (χ3v) is 4.77. The lowest BCUT2D eigenvalue weighted by Gasteiger charge is -2.36. The minimum absolute atomic E-state index is 0.120. The Hall–Kier alpha value is -2.37. The van der Waals surface area contributed by atoms with Crippen molar-refractivity contribution in [3.8, 4) is 0 Å². The molecule has 1 fully saturated rings. The smallest absolute Gasteiger partial charge is 0.308 e. The van der Waals surface area contributed by atoms with Gasteiger partial charge in [0.2, 0.25) is 11.8 Å². The Bertz CT molecular complexity index is 669. The molecule has 2 amide bonds. The minimum Gasteiger partial charge on any atom is -0.466 e. The molecule has 27 heavy (non-hydrogen) atoms. The molecule has 6 nitrogen and oxygen atoms in total. The number of rotatable bonds is 7. The highest BCUT2D eigenvalue weighted by Gasteiger charge is 2.37. The summed E-state index contributed by atoms with van der Waals surface area (Å²) in [4.78, 5) is 38.7. The predicted octanol–water partition coefficient (Wildman–Crippen LogP) is 2.27. The molecule has 1 saturated heterocycles. The Morgan fingerprint density at radius 1 is 1.22 bits per heavy atom. The van der Waals surface area contributed by atoms with Crippen molar-refractivity contribution in [3.05, 3.63) is 35.4 Å². The van der Waals surface area contributed by atoms with Gasteiger partial charge in [0.05, 0.1) is 18.9 Å². The Labute approximate surface area is 161 Å². The number of carbonyl (C=O) groups excluding carboxylic acids is 3. The number of amides is 2. The Morgan fingerprint density at radius 3 is 2.48 bits per heavy atom. The van der Waals surface area contributed by atoms with Gasteiger partial charge in [-0.3, -0.25) is 14.4 Å². The van der Waals surface area contributed by atoms with E-state index in [4.69, 9.17) is 4.74 Å². The molecule has 0 saturated carbocycles. The number of nitrogens with one attached hydrogen (secondary N) is 1. The second-order valence-electron chi connectivity index (χ2n) is 7.41. The number of carbonyl (C=O) groups is 3. The first-order chi connectivity index (χ1) is 12.8. The molecule has 1 aromatic carbocycles. The Morgan fingerprint density at radius 2 is 1.89 bits per heavy atom. The van der Waals surface area contributed by atoms with Crippen LogP contribution in [-0.4, -0.2) is 48.4 Å². The molecule has 2 rings (SSSR count). The number of esters is 1. The maximum absolute atomic E-state index is 13.1. The summed E-state index contributed by atoms with van der Waals surface area (Å²) >= 11 is 0. The highest BCUT2D eigenvalue weighted by atomic mass is 16.5. The van der Waals surface area contributed by atoms with Crippen molar-refractivity contribution < 1.29 is 19.1 Å². The van der Waals surface area contributed by atoms with Crippen LogP contribution in [-0.2, 0) is 25.5 Å². The molecular formula is C21H30N2O4. The maximum Gasteiger partial charge on any atom is 0.308 e. The summed E-state index contributed by atoms with van der Waals surface area (Å²) in [6.45, 7) is 8.94. The molecule has 1 aliphatic rings. The van der Waals surface area contributed by atoms with Crippen LogP contribution in [0.3, 0.4) is 0 Å². The fourth-order valence-electron chi connectivity index (χ4n) is 3.36. The zero-order chi connectivity index (χ0) is 20.0. The van der Waals surface area contributed by atoms with Gasteiger partial charge in [0.15, 0.2) is 0 Å². The zero-order valence-corrected chi connectivity index (χ0v) is 16.7. The van der Waals surface area contributed by atoms with Gasteiger partial charge in [0, 0.05) is 13.1 Å². The van der Waals surface area contributed by atoms with Crippen LogP contribution in [0.1, 0.15) is 51.2 Å². The summed E-state index contributed by atoms with van der Waals surface area (Å²) in [5.41, 5.74) is 2.15. The molecular weight excluding hydrogens is 344 g/mol. The van der Waals surface area contributed by atoms with Gasteiger partial charge in [-0.05, 0) is 37.3 Å². The van der Waals surface area contributed by atoms with Gasteiger partial charge in [-0.2, -0.15) is 0 Å². The van der Waals surface area contributed by atoms with Crippen molar-refractivity contribution in [1.29, 1.82) is 0 Å². The van der Waals surface area contributed by atoms with Crippen molar-refractivity contribution in [3.63, 3.8) is 0 Å². The van der Waals surface area contributed by atoms with Crippen molar-refractivity contribution in [1.82, 2.24) is 10.2 Å². The van der Waals surface area contributed by atoms with Gasteiger partial charge in [-0.25, -0.2) is 0 Å². The summed E-state index contributed by atoms with van der Waals surface area (Å²) in [5.74, 6) is -0.722. The summed E-state index contributed by atoms with van der Waals surface area (Å²) < 4.78 is 4.95. The normalized spacial score (nSPS) is 18.2. The molecule has 6 heteroatoms. The Balaban J connectivity index is 2.12. The molecule has 2 unspecified atom stereocenters. The first-order valence-electron chi connectivity index (χ1n) is 9.66. The van der Waals surface area contributed by atoms with E-state index in [2.05, 4.69) is 31.3 Å². The standard InChI is InChI=1S/C21H30N2O4/c1-5-27-19(24)13-18-20(25)22-10-11-23(18)21(26)15(4)17-8-6-16(7-9-17)12-14(2)3/h6-9,14-15,18H,5,10-13H2,1-4H3,(H,22,25). The molecule has 148 valence electrons. The fourth-order valence-corrected chi connectivity index (χ4v) is 3.36. The summed E-state index contributed by atoms with van der Waals surface area (Å²) in [7, 11) is 0. The molecule has 0 spiro atoms. The van der Waals surface area contributed by atoms with E-state index in [0.29, 0.717) is 19.0 Å². The highest BCUT2D eigenvalue weighted by Crippen LogP contribution is 2.22. The molecule has 2 atom stereocenters. The van der Waals surface area contributed by atoms with Crippen molar-refractivity contribution in [2.24, 2.45) is 5.92 Å². The first-order valence-corrected chi connectivity index (χ1v) is 9.66. The van der Waals surface area contributed by atoms with Crippen LogP contribution >= 0.6 is 0 Å². The topological polar surface area (TPSA) is 75.7 Å². The highest BCUT2D eigenvalue weighted by molar-refractivity contribution is 5.93. The second-order valence-corrected chi connectivity index (χ2v) is 7.41. The SMILES string of the molecule is CCOC(=O)CC1C(=O)NCCN1C(=O)C(C)c1ccc(CC(C)C)cc1. The average Bonchev–Trinajstić information content (AvgIpc) is 2.62. The summed E-state index contributed by atoms with van der Waals surface area (Å²) in [6, 6.07) is 7.25. The van der Waals surface area contributed by atoms with Gasteiger partial charge in [0.1, 0.15) is 6.04 Å².